The molecule has 0 atom stereocenters. The van der Waals surface area contributed by atoms with E-state index in [-0.39, 0.29) is 5.41 Å². The molecule has 0 saturated heterocycles. The molecule has 0 unspecified atom stereocenters. The molecule has 0 heterocycles. The van der Waals surface area contributed by atoms with Crippen LogP contribution in [-0.2, 0) is 11.3 Å². The summed E-state index contributed by atoms with van der Waals surface area (Å²) < 4.78 is 5.70. The summed E-state index contributed by atoms with van der Waals surface area (Å²) in [7, 11) is 0. The van der Waals surface area contributed by atoms with Crippen LogP contribution >= 0.6 is 0 Å². The first-order valence-corrected chi connectivity index (χ1v) is 7.33. The maximum atomic E-state index is 8.44. The zero-order valence-electron chi connectivity index (χ0n) is 12.7. The second-order valence-corrected chi connectivity index (χ2v) is 5.92. The van der Waals surface area contributed by atoms with Crippen molar-refractivity contribution in [3.63, 3.8) is 0 Å². The van der Waals surface area contributed by atoms with Crippen LogP contribution in [0.4, 0.5) is 0 Å². The van der Waals surface area contributed by atoms with Gasteiger partial charge in [-0.05, 0) is 18.4 Å². The molecule has 0 aliphatic rings. The smallest absolute Gasteiger partial charge is 0.0621 e. The van der Waals surface area contributed by atoms with Gasteiger partial charge in [-0.2, -0.15) is 5.26 Å². The van der Waals surface area contributed by atoms with Gasteiger partial charge in [0.15, 0.2) is 0 Å². The van der Waals surface area contributed by atoms with E-state index in [4.69, 9.17) is 10.00 Å². The molecule has 3 nitrogen and oxygen atoms in total. The van der Waals surface area contributed by atoms with E-state index in [1.54, 1.807) is 0 Å². The van der Waals surface area contributed by atoms with E-state index in [0.717, 1.165) is 39.1 Å². The van der Waals surface area contributed by atoms with E-state index in [0.29, 0.717) is 6.42 Å². The number of hydrogen-bond donors (Lipinski definition) is 1. The fourth-order valence-corrected chi connectivity index (χ4v) is 1.95. The summed E-state index contributed by atoms with van der Waals surface area (Å²) in [6.07, 6.45) is 2.54. The summed E-state index contributed by atoms with van der Waals surface area (Å²) in [5, 5.41) is 11.9. The molecule has 0 aromatic heterocycles. The molecule has 20 heavy (non-hydrogen) atoms. The van der Waals surface area contributed by atoms with Crippen molar-refractivity contribution >= 4 is 0 Å². The van der Waals surface area contributed by atoms with Crippen LogP contribution in [0.1, 0.15) is 38.7 Å². The zero-order chi connectivity index (χ0) is 14.7. The van der Waals surface area contributed by atoms with Crippen molar-refractivity contribution in [3.05, 3.63) is 35.9 Å². The lowest BCUT2D eigenvalue weighted by molar-refractivity contribution is 0.0599. The van der Waals surface area contributed by atoms with Gasteiger partial charge in [0.2, 0.25) is 0 Å². The SMILES string of the molecule is CC(C)(CNCc1ccccc1)COCCCCC#N. The molecule has 0 spiro atoms. The van der Waals surface area contributed by atoms with Gasteiger partial charge < -0.3 is 10.1 Å². The summed E-state index contributed by atoms with van der Waals surface area (Å²) >= 11 is 0. The number of benzene rings is 1. The quantitative estimate of drug-likeness (QED) is 0.664. The van der Waals surface area contributed by atoms with Crippen molar-refractivity contribution in [1.29, 1.82) is 5.26 Å². The maximum absolute atomic E-state index is 8.44. The number of rotatable bonds is 10. The number of nitrogens with zero attached hydrogens (tertiary/aromatic N) is 1. The van der Waals surface area contributed by atoms with Crippen LogP contribution in [0.15, 0.2) is 30.3 Å². The second kappa shape index (κ2) is 9.52. The fourth-order valence-electron chi connectivity index (χ4n) is 1.95. The lowest BCUT2D eigenvalue weighted by Crippen LogP contribution is -2.33. The van der Waals surface area contributed by atoms with Crippen molar-refractivity contribution in [2.24, 2.45) is 5.41 Å². The van der Waals surface area contributed by atoms with E-state index >= 15 is 0 Å². The molecule has 0 bridgehead atoms. The minimum Gasteiger partial charge on any atom is -0.381 e. The first-order valence-electron chi connectivity index (χ1n) is 7.33. The molecule has 0 amide bonds. The van der Waals surface area contributed by atoms with Crippen LogP contribution in [0.5, 0.6) is 0 Å². The summed E-state index contributed by atoms with van der Waals surface area (Å²) in [4.78, 5) is 0. The highest BCUT2D eigenvalue weighted by Gasteiger charge is 2.17. The van der Waals surface area contributed by atoms with Gasteiger partial charge in [0.05, 0.1) is 12.7 Å². The third-order valence-electron chi connectivity index (χ3n) is 3.10. The van der Waals surface area contributed by atoms with Gasteiger partial charge in [0.25, 0.3) is 0 Å². The Labute approximate surface area is 123 Å². The molecule has 0 aliphatic heterocycles. The number of nitriles is 1. The van der Waals surface area contributed by atoms with Gasteiger partial charge in [-0.25, -0.2) is 0 Å². The Balaban J connectivity index is 2.10. The van der Waals surface area contributed by atoms with Gasteiger partial charge in [0, 0.05) is 31.5 Å². The van der Waals surface area contributed by atoms with Gasteiger partial charge >= 0.3 is 0 Å². The van der Waals surface area contributed by atoms with Crippen molar-refractivity contribution in [3.8, 4) is 6.07 Å². The molecule has 3 heteroatoms. The Morgan fingerprint density at radius 2 is 1.95 bits per heavy atom. The van der Waals surface area contributed by atoms with E-state index in [2.05, 4.69) is 49.5 Å². The first-order chi connectivity index (χ1) is 9.64. The van der Waals surface area contributed by atoms with Crippen LogP contribution in [0, 0.1) is 16.7 Å². The minimum absolute atomic E-state index is 0.129. The number of unbranched alkanes of at least 4 members (excludes halogenated alkanes) is 2. The average Bonchev–Trinajstić information content (AvgIpc) is 2.44. The van der Waals surface area contributed by atoms with E-state index in [1.807, 2.05) is 6.07 Å². The summed E-state index contributed by atoms with van der Waals surface area (Å²) in [6.45, 7) is 7.75. The monoisotopic (exact) mass is 274 g/mol. The van der Waals surface area contributed by atoms with Gasteiger partial charge in [0.1, 0.15) is 0 Å². The highest BCUT2D eigenvalue weighted by atomic mass is 16.5. The molecular formula is C17H26N2O. The fraction of sp³-hybridized carbons (Fsp3) is 0.588. The number of ether oxygens (including phenoxy) is 1. The lowest BCUT2D eigenvalue weighted by atomic mass is 9.95. The van der Waals surface area contributed by atoms with Crippen LogP contribution in [0.25, 0.3) is 0 Å². The molecule has 1 aromatic carbocycles. The predicted octanol–water partition coefficient (Wildman–Crippen LogP) is 3.51. The van der Waals surface area contributed by atoms with E-state index in [1.165, 1.54) is 5.56 Å². The van der Waals surface area contributed by atoms with Crippen molar-refractivity contribution in [2.75, 3.05) is 19.8 Å². The predicted molar refractivity (Wildman–Crippen MR) is 82.2 cm³/mol. The number of hydrogen-bond acceptors (Lipinski definition) is 3. The van der Waals surface area contributed by atoms with Crippen molar-refractivity contribution in [1.82, 2.24) is 5.32 Å². The van der Waals surface area contributed by atoms with Crippen LogP contribution in [-0.4, -0.2) is 19.8 Å². The average molecular weight is 274 g/mol. The molecule has 0 aliphatic carbocycles. The molecule has 0 radical (unpaired) electrons. The molecule has 0 fully saturated rings. The Hall–Kier alpha value is -1.37. The molecular weight excluding hydrogens is 248 g/mol. The number of nitrogens with one attached hydrogen (secondary N) is 1. The summed E-state index contributed by atoms with van der Waals surface area (Å²) in [6, 6.07) is 12.6. The highest BCUT2D eigenvalue weighted by molar-refractivity contribution is 5.14. The third kappa shape index (κ3) is 7.93. The van der Waals surface area contributed by atoms with E-state index < -0.39 is 0 Å². The highest BCUT2D eigenvalue weighted by Crippen LogP contribution is 2.14. The van der Waals surface area contributed by atoms with Gasteiger partial charge in [-0.15, -0.1) is 0 Å². The Bertz CT molecular complexity index is 395. The molecule has 110 valence electrons. The normalized spacial score (nSPS) is 11.2. The molecule has 1 aromatic rings. The largest absolute Gasteiger partial charge is 0.381 e. The van der Waals surface area contributed by atoms with Crippen LogP contribution in [0.3, 0.4) is 0 Å². The maximum Gasteiger partial charge on any atom is 0.0621 e. The molecule has 1 rings (SSSR count). The van der Waals surface area contributed by atoms with Crippen LogP contribution in [0.2, 0.25) is 0 Å². The topological polar surface area (TPSA) is 45.0 Å². The minimum atomic E-state index is 0.129. The molecule has 1 N–H and O–H groups in total. The summed E-state index contributed by atoms with van der Waals surface area (Å²) in [5.74, 6) is 0. The van der Waals surface area contributed by atoms with Crippen LogP contribution < -0.4 is 5.32 Å². The molecule has 0 saturated carbocycles. The lowest BCUT2D eigenvalue weighted by Gasteiger charge is -2.25. The second-order valence-electron chi connectivity index (χ2n) is 5.92. The standard InChI is InChI=1S/C17H26N2O/c1-17(2,15-20-12-8-4-7-11-18)14-19-13-16-9-5-3-6-10-16/h3,5-6,9-10,19H,4,7-8,12-15H2,1-2H3. The first kappa shape index (κ1) is 16.7. The zero-order valence-corrected chi connectivity index (χ0v) is 12.7. The Morgan fingerprint density at radius 1 is 1.20 bits per heavy atom. The van der Waals surface area contributed by atoms with Crippen molar-refractivity contribution < 1.29 is 4.74 Å². The van der Waals surface area contributed by atoms with E-state index in [9.17, 15) is 0 Å². The Kier molecular flexibility index (Phi) is 7.94. The van der Waals surface area contributed by atoms with Gasteiger partial charge in [-0.1, -0.05) is 44.2 Å². The Morgan fingerprint density at radius 3 is 2.65 bits per heavy atom. The third-order valence-corrected chi connectivity index (χ3v) is 3.10. The van der Waals surface area contributed by atoms with Crippen molar-refractivity contribution in [2.45, 2.75) is 39.7 Å². The summed E-state index contributed by atoms with van der Waals surface area (Å²) in [5.41, 5.74) is 1.44. The van der Waals surface area contributed by atoms with Gasteiger partial charge in [-0.3, -0.25) is 0 Å².